The molecule has 0 saturated carbocycles. The minimum atomic E-state index is -3.65. The Hall–Kier alpha value is -2.14. The fourth-order valence-corrected chi connectivity index (χ4v) is 5.68. The molecule has 0 bridgehead atoms. The summed E-state index contributed by atoms with van der Waals surface area (Å²) in [4.78, 5) is 0.368. The summed E-state index contributed by atoms with van der Waals surface area (Å²) in [6, 6.07) is 12.3. The summed E-state index contributed by atoms with van der Waals surface area (Å²) >= 11 is 0. The molecule has 10 heteroatoms. The molecular weight excluding hydrogens is 428 g/mol. The molecule has 8 nitrogen and oxygen atoms in total. The van der Waals surface area contributed by atoms with Gasteiger partial charge in [-0.05, 0) is 61.4 Å². The summed E-state index contributed by atoms with van der Waals surface area (Å²) in [6.45, 7) is 1.28. The van der Waals surface area contributed by atoms with Gasteiger partial charge in [-0.25, -0.2) is 21.6 Å². The summed E-state index contributed by atoms with van der Waals surface area (Å²) in [5.41, 5.74) is 0. The first kappa shape index (κ1) is 22.5. The van der Waals surface area contributed by atoms with Gasteiger partial charge in [0.15, 0.2) is 0 Å². The van der Waals surface area contributed by atoms with Crippen LogP contribution in [0.5, 0.6) is 11.5 Å². The number of nitrogens with zero attached hydrogens (tertiary/aromatic N) is 1. The number of sulfonamides is 2. The van der Waals surface area contributed by atoms with Gasteiger partial charge in [0.2, 0.25) is 20.0 Å². The van der Waals surface area contributed by atoms with Crippen LogP contribution in [-0.2, 0) is 20.0 Å². The smallest absolute Gasteiger partial charge is 0.243 e. The van der Waals surface area contributed by atoms with Crippen LogP contribution in [0.2, 0.25) is 0 Å². The Morgan fingerprint density at radius 2 is 1.40 bits per heavy atom. The number of methoxy groups -OCH3 is 1. The highest BCUT2D eigenvalue weighted by Crippen LogP contribution is 2.22. The van der Waals surface area contributed by atoms with Gasteiger partial charge in [-0.15, -0.1) is 0 Å². The largest absolute Gasteiger partial charge is 0.497 e. The Bertz CT molecular complexity index is 1030. The average Bonchev–Trinajstić information content (AvgIpc) is 2.78. The number of nitrogens with one attached hydrogen (secondary N) is 1. The number of hydrogen-bond donors (Lipinski definition) is 1. The van der Waals surface area contributed by atoms with Gasteiger partial charge in [-0.3, -0.25) is 0 Å². The molecule has 1 aliphatic rings. The fraction of sp³-hybridized carbons (Fsp3) is 0.400. The number of rotatable bonds is 9. The lowest BCUT2D eigenvalue weighted by atomic mass is 10.2. The zero-order chi connectivity index (χ0) is 21.6. The Morgan fingerprint density at radius 3 is 2.00 bits per heavy atom. The highest BCUT2D eigenvalue weighted by Gasteiger charge is 2.25. The third-order valence-electron chi connectivity index (χ3n) is 4.81. The zero-order valence-electron chi connectivity index (χ0n) is 16.8. The minimum absolute atomic E-state index is 0.0716. The molecular formula is C20H26N2O6S2. The molecule has 30 heavy (non-hydrogen) atoms. The maximum Gasteiger partial charge on any atom is 0.243 e. The summed E-state index contributed by atoms with van der Waals surface area (Å²) < 4.78 is 64.4. The highest BCUT2D eigenvalue weighted by molar-refractivity contribution is 7.89. The van der Waals surface area contributed by atoms with Gasteiger partial charge >= 0.3 is 0 Å². The van der Waals surface area contributed by atoms with Gasteiger partial charge < -0.3 is 9.47 Å². The second-order valence-corrected chi connectivity index (χ2v) is 10.6. The summed E-state index contributed by atoms with van der Waals surface area (Å²) in [6.07, 6.45) is 2.82. The second kappa shape index (κ2) is 9.78. The van der Waals surface area contributed by atoms with Crippen molar-refractivity contribution in [3.8, 4) is 11.5 Å². The third kappa shape index (κ3) is 5.51. The van der Waals surface area contributed by atoms with E-state index in [0.29, 0.717) is 24.6 Å². The first-order valence-corrected chi connectivity index (χ1v) is 12.6. The lowest BCUT2D eigenvalue weighted by molar-refractivity contribution is 0.322. The highest BCUT2D eigenvalue weighted by atomic mass is 32.2. The molecule has 164 valence electrons. The maximum atomic E-state index is 12.6. The Morgan fingerprint density at radius 1 is 0.833 bits per heavy atom. The zero-order valence-corrected chi connectivity index (χ0v) is 18.4. The lowest BCUT2D eigenvalue weighted by Gasteiger charge is -2.25. The van der Waals surface area contributed by atoms with Crippen molar-refractivity contribution in [2.24, 2.45) is 0 Å². The molecule has 0 aromatic heterocycles. The van der Waals surface area contributed by atoms with Crippen molar-refractivity contribution in [2.45, 2.75) is 29.1 Å². The molecule has 1 aliphatic heterocycles. The molecule has 1 fully saturated rings. The van der Waals surface area contributed by atoms with E-state index in [1.54, 1.807) is 24.3 Å². The SMILES string of the molecule is COc1ccc(S(=O)(=O)NCCOc2ccc(S(=O)(=O)N3CCCCC3)cc2)cc1. The molecule has 0 spiro atoms. The predicted octanol–water partition coefficient (Wildman–Crippen LogP) is 2.23. The van der Waals surface area contributed by atoms with Crippen LogP contribution >= 0.6 is 0 Å². The maximum absolute atomic E-state index is 12.6. The number of hydrogen-bond acceptors (Lipinski definition) is 6. The van der Waals surface area contributed by atoms with E-state index in [0.717, 1.165) is 19.3 Å². The monoisotopic (exact) mass is 454 g/mol. The standard InChI is InChI=1S/C20H26N2O6S2/c1-27-17-5-9-19(10-6-17)29(23,24)21-13-16-28-18-7-11-20(12-8-18)30(25,26)22-14-3-2-4-15-22/h5-12,21H,2-4,13-16H2,1H3. The summed E-state index contributed by atoms with van der Waals surface area (Å²) in [5, 5.41) is 0. The van der Waals surface area contributed by atoms with Crippen LogP contribution in [0.25, 0.3) is 0 Å². The molecule has 0 radical (unpaired) electrons. The second-order valence-electron chi connectivity index (χ2n) is 6.86. The van der Waals surface area contributed by atoms with E-state index in [4.69, 9.17) is 9.47 Å². The molecule has 2 aromatic rings. The molecule has 1 heterocycles. The number of piperidine rings is 1. The van der Waals surface area contributed by atoms with Crippen molar-refractivity contribution in [3.05, 3.63) is 48.5 Å². The summed E-state index contributed by atoms with van der Waals surface area (Å²) in [5.74, 6) is 1.04. The van der Waals surface area contributed by atoms with E-state index in [9.17, 15) is 16.8 Å². The van der Waals surface area contributed by atoms with E-state index in [1.165, 1.54) is 35.7 Å². The van der Waals surface area contributed by atoms with Crippen molar-refractivity contribution in [2.75, 3.05) is 33.4 Å². The third-order valence-corrected chi connectivity index (χ3v) is 8.20. The number of ether oxygens (including phenoxy) is 2. The van der Waals surface area contributed by atoms with E-state index in [1.807, 2.05) is 0 Å². The van der Waals surface area contributed by atoms with E-state index in [-0.39, 0.29) is 22.9 Å². The van der Waals surface area contributed by atoms with Crippen molar-refractivity contribution >= 4 is 20.0 Å². The normalized spacial score (nSPS) is 15.6. The summed E-state index contributed by atoms with van der Waals surface area (Å²) in [7, 11) is -5.62. The molecule has 1 saturated heterocycles. The molecule has 2 aromatic carbocycles. The molecule has 0 amide bonds. The van der Waals surface area contributed by atoms with Crippen molar-refractivity contribution < 1.29 is 26.3 Å². The Kier molecular flexibility index (Phi) is 7.35. The molecule has 0 atom stereocenters. The quantitative estimate of drug-likeness (QED) is 0.583. The topological polar surface area (TPSA) is 102 Å². The van der Waals surface area contributed by atoms with Crippen LogP contribution in [0, 0.1) is 0 Å². The Balaban J connectivity index is 1.51. The van der Waals surface area contributed by atoms with Crippen LogP contribution in [0.3, 0.4) is 0 Å². The molecule has 3 rings (SSSR count). The van der Waals surface area contributed by atoms with E-state index >= 15 is 0 Å². The van der Waals surface area contributed by atoms with Gasteiger partial charge in [0.05, 0.1) is 16.9 Å². The fourth-order valence-electron chi connectivity index (χ4n) is 3.15. The van der Waals surface area contributed by atoms with Crippen molar-refractivity contribution in [1.82, 2.24) is 9.03 Å². The molecule has 0 unspecified atom stereocenters. The lowest BCUT2D eigenvalue weighted by Crippen LogP contribution is -2.35. The van der Waals surface area contributed by atoms with Gasteiger partial charge in [0, 0.05) is 19.6 Å². The van der Waals surface area contributed by atoms with E-state index in [2.05, 4.69) is 4.72 Å². The van der Waals surface area contributed by atoms with Gasteiger partial charge in [0.1, 0.15) is 18.1 Å². The predicted molar refractivity (Wildman–Crippen MR) is 113 cm³/mol. The van der Waals surface area contributed by atoms with Crippen LogP contribution < -0.4 is 14.2 Å². The molecule has 0 aliphatic carbocycles. The minimum Gasteiger partial charge on any atom is -0.497 e. The average molecular weight is 455 g/mol. The Labute approximate surface area is 177 Å². The van der Waals surface area contributed by atoms with Crippen LogP contribution in [0.4, 0.5) is 0 Å². The van der Waals surface area contributed by atoms with E-state index < -0.39 is 20.0 Å². The van der Waals surface area contributed by atoms with Crippen LogP contribution in [0.1, 0.15) is 19.3 Å². The first-order valence-electron chi connectivity index (χ1n) is 9.70. The first-order chi connectivity index (χ1) is 14.3. The van der Waals surface area contributed by atoms with Gasteiger partial charge in [-0.1, -0.05) is 6.42 Å². The number of benzene rings is 2. The van der Waals surface area contributed by atoms with Crippen LogP contribution in [-0.4, -0.2) is 54.5 Å². The van der Waals surface area contributed by atoms with Crippen LogP contribution in [0.15, 0.2) is 58.3 Å². The van der Waals surface area contributed by atoms with Gasteiger partial charge in [-0.2, -0.15) is 4.31 Å². The molecule has 1 N–H and O–H groups in total. The van der Waals surface area contributed by atoms with Crippen molar-refractivity contribution in [1.29, 1.82) is 0 Å². The van der Waals surface area contributed by atoms with Crippen molar-refractivity contribution in [3.63, 3.8) is 0 Å². The van der Waals surface area contributed by atoms with Gasteiger partial charge in [0.25, 0.3) is 0 Å².